The third kappa shape index (κ3) is 5.03. The topological polar surface area (TPSA) is 148 Å². The summed E-state index contributed by atoms with van der Waals surface area (Å²) >= 11 is 0. The fraction of sp³-hybridized carbons (Fsp3) is 0.448. The number of aliphatic carboxylic acids is 2. The number of amides is 1. The number of aromatic nitrogens is 2. The van der Waals surface area contributed by atoms with Gasteiger partial charge in [-0.2, -0.15) is 5.10 Å². The lowest BCUT2D eigenvalue weighted by molar-refractivity contribution is -0.157. The van der Waals surface area contributed by atoms with E-state index in [0.29, 0.717) is 29.8 Å². The van der Waals surface area contributed by atoms with Gasteiger partial charge in [-0.15, -0.1) is 0 Å². The van der Waals surface area contributed by atoms with Gasteiger partial charge >= 0.3 is 11.9 Å². The number of carboxylic acids is 2. The fourth-order valence-electron chi connectivity index (χ4n) is 5.73. The van der Waals surface area contributed by atoms with E-state index in [1.165, 1.54) is 18.4 Å². The van der Waals surface area contributed by atoms with E-state index < -0.39 is 34.6 Å². The maximum Gasteiger partial charge on any atom is 0.309 e. The highest BCUT2D eigenvalue weighted by molar-refractivity contribution is 6.04. The Hall–Kier alpha value is -3.72. The molecule has 5 rings (SSSR count). The smallest absolute Gasteiger partial charge is 0.309 e. The predicted octanol–water partition coefficient (Wildman–Crippen LogP) is 4.19. The first kappa shape index (κ1) is 27.3. The van der Waals surface area contributed by atoms with Gasteiger partial charge in [0.15, 0.2) is 0 Å². The van der Waals surface area contributed by atoms with Gasteiger partial charge in [-0.3, -0.25) is 14.4 Å². The summed E-state index contributed by atoms with van der Waals surface area (Å²) in [7, 11) is 0. The van der Waals surface area contributed by atoms with E-state index in [1.807, 2.05) is 18.3 Å². The van der Waals surface area contributed by atoms with Crippen molar-refractivity contribution in [3.8, 4) is 5.69 Å². The summed E-state index contributed by atoms with van der Waals surface area (Å²) < 4.78 is 1.81. The molecule has 1 aromatic heterocycles. The minimum Gasteiger partial charge on any atom is -0.481 e. The normalized spacial score (nSPS) is 24.4. The maximum atomic E-state index is 11.5. The summed E-state index contributed by atoms with van der Waals surface area (Å²) in [5, 5.41) is 27.0. The molecule has 2 heterocycles. The minimum absolute atomic E-state index is 0.437. The first-order valence-corrected chi connectivity index (χ1v) is 13.0. The molecule has 3 atom stereocenters. The molecule has 2 aliphatic rings. The van der Waals surface area contributed by atoms with Crippen LogP contribution in [0, 0.1) is 16.7 Å². The van der Waals surface area contributed by atoms with Gasteiger partial charge in [0, 0.05) is 18.1 Å². The molecule has 2 fully saturated rings. The number of nitrogens with zero attached hydrogens (tertiary/aromatic N) is 2. The molecule has 1 aliphatic heterocycles. The summed E-state index contributed by atoms with van der Waals surface area (Å²) in [6.45, 7) is 7.27. The second-order valence-electron chi connectivity index (χ2n) is 11.1. The molecule has 9 nitrogen and oxygen atoms in total. The average molecular weight is 521 g/mol. The lowest BCUT2D eigenvalue weighted by Crippen LogP contribution is -2.42. The lowest BCUT2D eigenvalue weighted by atomic mass is 9.66. The predicted molar refractivity (Wildman–Crippen MR) is 144 cm³/mol. The Balaban J connectivity index is 0.000000206. The van der Waals surface area contributed by atoms with Crippen molar-refractivity contribution in [2.24, 2.45) is 22.5 Å². The number of primary amides is 1. The SMILES string of the molecule is CC1(C(=O)O)CCC(C(=O)O)C1(C)C.NC(=O)c1cccc2cn(-c3ccc([C@@H]4CCCNC4)cc3)nc12. The molecular weight excluding hydrogens is 484 g/mol. The zero-order valence-corrected chi connectivity index (χ0v) is 22.1. The van der Waals surface area contributed by atoms with Gasteiger partial charge in [0.1, 0.15) is 5.52 Å². The molecule has 202 valence electrons. The number of rotatable bonds is 5. The van der Waals surface area contributed by atoms with Crippen LogP contribution in [-0.2, 0) is 9.59 Å². The second kappa shape index (κ2) is 10.6. The Morgan fingerprint density at radius 3 is 2.29 bits per heavy atom. The molecule has 0 radical (unpaired) electrons. The standard InChI is InChI=1S/C19H20N4O.C10H16O4/c20-19(24)17-5-1-3-15-12-23(22-18(15)17)16-8-6-13(7-9-16)14-4-2-10-21-11-14;1-9(2)6(7(11)12)4-5-10(9,3)8(13)14/h1,3,5-9,12,14,21H,2,4,10-11H2,(H2,20,24);6H,4-5H2,1-3H3,(H,11,12)(H,13,14)/t14-;/m1./s1. The van der Waals surface area contributed by atoms with Crippen molar-refractivity contribution in [1.82, 2.24) is 15.1 Å². The summed E-state index contributed by atoms with van der Waals surface area (Å²) in [4.78, 5) is 33.6. The number of carboxylic acid groups (broad SMARTS) is 2. The summed E-state index contributed by atoms with van der Waals surface area (Å²) in [6.07, 6.45) is 5.28. The zero-order chi connectivity index (χ0) is 27.7. The Bertz CT molecular complexity index is 1340. The number of carbonyl (C=O) groups excluding carboxylic acids is 1. The summed E-state index contributed by atoms with van der Waals surface area (Å²) in [5.41, 5.74) is 7.27. The Morgan fingerprint density at radius 2 is 1.76 bits per heavy atom. The van der Waals surface area contributed by atoms with Crippen LogP contribution in [-0.4, -0.2) is 50.9 Å². The van der Waals surface area contributed by atoms with Crippen LogP contribution in [0.5, 0.6) is 0 Å². The molecule has 2 unspecified atom stereocenters. The van der Waals surface area contributed by atoms with Crippen molar-refractivity contribution in [3.63, 3.8) is 0 Å². The number of nitrogens with two attached hydrogens (primary N) is 1. The van der Waals surface area contributed by atoms with E-state index in [2.05, 4.69) is 34.7 Å². The van der Waals surface area contributed by atoms with Crippen molar-refractivity contribution in [2.75, 3.05) is 13.1 Å². The molecule has 5 N–H and O–H groups in total. The van der Waals surface area contributed by atoms with Crippen LogP contribution in [0.1, 0.15) is 68.3 Å². The monoisotopic (exact) mass is 520 g/mol. The van der Waals surface area contributed by atoms with Crippen LogP contribution in [0.4, 0.5) is 0 Å². The molecule has 0 bridgehead atoms. The molecule has 38 heavy (non-hydrogen) atoms. The minimum atomic E-state index is -0.921. The third-order valence-corrected chi connectivity index (χ3v) is 8.72. The van der Waals surface area contributed by atoms with Crippen molar-refractivity contribution >= 4 is 28.7 Å². The molecule has 1 saturated carbocycles. The molecule has 0 spiro atoms. The highest BCUT2D eigenvalue weighted by atomic mass is 16.4. The van der Waals surface area contributed by atoms with E-state index in [1.54, 1.807) is 31.5 Å². The number of hydrogen-bond donors (Lipinski definition) is 4. The molecule has 9 heteroatoms. The number of fused-ring (bicyclic) bond motifs is 1. The van der Waals surface area contributed by atoms with Crippen LogP contribution in [0.3, 0.4) is 0 Å². The zero-order valence-electron chi connectivity index (χ0n) is 22.1. The molecule has 2 aromatic carbocycles. The largest absolute Gasteiger partial charge is 0.481 e. The Morgan fingerprint density at radius 1 is 1.05 bits per heavy atom. The van der Waals surface area contributed by atoms with Gasteiger partial charge in [0.2, 0.25) is 0 Å². The van der Waals surface area contributed by atoms with Crippen LogP contribution >= 0.6 is 0 Å². The van der Waals surface area contributed by atoms with Crippen LogP contribution in [0.2, 0.25) is 0 Å². The number of carbonyl (C=O) groups is 3. The van der Waals surface area contributed by atoms with Crippen molar-refractivity contribution < 1.29 is 24.6 Å². The van der Waals surface area contributed by atoms with E-state index in [4.69, 9.17) is 15.9 Å². The van der Waals surface area contributed by atoms with Gasteiger partial charge in [-0.1, -0.05) is 38.1 Å². The molecule has 3 aromatic rings. The van der Waals surface area contributed by atoms with Crippen molar-refractivity contribution in [3.05, 3.63) is 59.8 Å². The van der Waals surface area contributed by atoms with Crippen LogP contribution in [0.25, 0.3) is 16.6 Å². The van der Waals surface area contributed by atoms with E-state index in [-0.39, 0.29) is 0 Å². The second-order valence-corrected chi connectivity index (χ2v) is 11.1. The summed E-state index contributed by atoms with van der Waals surface area (Å²) in [5.74, 6) is -2.20. The quantitative estimate of drug-likeness (QED) is 0.394. The van der Waals surface area contributed by atoms with Gasteiger partial charge in [-0.05, 0) is 74.2 Å². The van der Waals surface area contributed by atoms with Gasteiger partial charge in [-0.25, -0.2) is 4.68 Å². The number of piperidine rings is 1. The molecule has 1 saturated heterocycles. The maximum absolute atomic E-state index is 11.5. The molecule has 1 amide bonds. The number of hydrogen-bond acceptors (Lipinski definition) is 5. The Kier molecular flexibility index (Phi) is 7.60. The third-order valence-electron chi connectivity index (χ3n) is 8.72. The number of nitrogens with one attached hydrogen (secondary N) is 1. The first-order chi connectivity index (χ1) is 18.0. The van der Waals surface area contributed by atoms with Crippen LogP contribution < -0.4 is 11.1 Å². The van der Waals surface area contributed by atoms with E-state index >= 15 is 0 Å². The van der Waals surface area contributed by atoms with Crippen molar-refractivity contribution in [2.45, 2.75) is 52.4 Å². The molecule has 1 aliphatic carbocycles. The highest BCUT2D eigenvalue weighted by Gasteiger charge is 2.58. The van der Waals surface area contributed by atoms with E-state index in [0.717, 1.165) is 24.2 Å². The fourth-order valence-corrected chi connectivity index (χ4v) is 5.73. The Labute approximate surface area is 222 Å². The summed E-state index contributed by atoms with van der Waals surface area (Å²) in [6, 6.07) is 14.0. The van der Waals surface area contributed by atoms with Gasteiger partial charge < -0.3 is 21.3 Å². The number of benzene rings is 2. The lowest BCUT2D eigenvalue weighted by Gasteiger charge is -2.36. The average Bonchev–Trinajstić information content (AvgIpc) is 3.43. The van der Waals surface area contributed by atoms with Crippen LogP contribution in [0.15, 0.2) is 48.7 Å². The van der Waals surface area contributed by atoms with Gasteiger partial charge in [0.25, 0.3) is 5.91 Å². The van der Waals surface area contributed by atoms with Gasteiger partial charge in [0.05, 0.1) is 22.6 Å². The molecular formula is C29H36N4O5. The van der Waals surface area contributed by atoms with E-state index in [9.17, 15) is 14.4 Å². The highest BCUT2D eigenvalue weighted by Crippen LogP contribution is 2.56. The van der Waals surface area contributed by atoms with Crippen molar-refractivity contribution in [1.29, 1.82) is 0 Å². The first-order valence-electron chi connectivity index (χ1n) is 13.0.